The molecule has 178 valence electrons. The van der Waals surface area contributed by atoms with E-state index < -0.39 is 0 Å². The monoisotopic (exact) mass is 494 g/mol. The van der Waals surface area contributed by atoms with Gasteiger partial charge in [-0.3, -0.25) is 0 Å². The molecule has 0 bridgehead atoms. The summed E-state index contributed by atoms with van der Waals surface area (Å²) in [6.07, 6.45) is 3.70. The Kier molecular flexibility index (Phi) is 5.67. The number of rotatable bonds is 5. The predicted molar refractivity (Wildman–Crippen MR) is 141 cm³/mol. The number of H-pyrrole nitrogens is 1. The van der Waals surface area contributed by atoms with Crippen LogP contribution in [0.1, 0.15) is 11.1 Å². The van der Waals surface area contributed by atoms with Crippen molar-refractivity contribution in [2.24, 2.45) is 5.10 Å². The molecule has 1 N–H and O–H groups in total. The third kappa shape index (κ3) is 4.09. The van der Waals surface area contributed by atoms with E-state index in [1.807, 2.05) is 90.6 Å². The smallest absolute Gasteiger partial charge is 0.216 e. The molecule has 5 aromatic rings. The maximum absolute atomic E-state index is 5.80. The average molecular weight is 495 g/mol. The Hall–Kier alpha value is -4.50. The zero-order valence-electron chi connectivity index (χ0n) is 19.5. The summed E-state index contributed by atoms with van der Waals surface area (Å²) in [6, 6.07) is 23.8. The molecule has 8 nitrogen and oxygen atoms in total. The van der Waals surface area contributed by atoms with Gasteiger partial charge in [-0.2, -0.15) is 20.0 Å². The van der Waals surface area contributed by atoms with E-state index in [0.717, 1.165) is 39.4 Å². The molecule has 0 radical (unpaired) electrons. The van der Waals surface area contributed by atoms with E-state index in [1.54, 1.807) is 10.9 Å². The van der Waals surface area contributed by atoms with Crippen LogP contribution in [0.3, 0.4) is 0 Å². The summed E-state index contributed by atoms with van der Waals surface area (Å²) in [7, 11) is 0. The van der Waals surface area contributed by atoms with Gasteiger partial charge in [0, 0.05) is 22.9 Å². The summed E-state index contributed by atoms with van der Waals surface area (Å²) in [5.41, 5.74) is 5.44. The van der Waals surface area contributed by atoms with Crippen LogP contribution >= 0.6 is 12.2 Å². The van der Waals surface area contributed by atoms with E-state index in [9.17, 15) is 0 Å². The molecule has 0 saturated carbocycles. The molecule has 2 aromatic heterocycles. The van der Waals surface area contributed by atoms with E-state index in [-0.39, 0.29) is 0 Å². The summed E-state index contributed by atoms with van der Waals surface area (Å²) < 4.78 is 15.4. The number of benzene rings is 3. The van der Waals surface area contributed by atoms with Crippen LogP contribution in [0.2, 0.25) is 0 Å². The maximum atomic E-state index is 5.80. The lowest BCUT2D eigenvalue weighted by Gasteiger charge is -2.18. The van der Waals surface area contributed by atoms with Gasteiger partial charge in [0.05, 0.1) is 11.9 Å². The van der Waals surface area contributed by atoms with Gasteiger partial charge in [-0.1, -0.05) is 42.5 Å². The molecule has 0 spiro atoms. The number of aryl methyl sites for hydroxylation is 1. The second kappa shape index (κ2) is 9.27. The number of ether oxygens (including phenoxy) is 2. The van der Waals surface area contributed by atoms with Crippen LogP contribution < -0.4 is 9.47 Å². The van der Waals surface area contributed by atoms with Gasteiger partial charge in [0.1, 0.15) is 18.9 Å². The van der Waals surface area contributed by atoms with Crippen molar-refractivity contribution in [2.75, 3.05) is 13.2 Å². The van der Waals surface area contributed by atoms with Crippen molar-refractivity contribution in [2.45, 2.75) is 6.92 Å². The molecule has 0 amide bonds. The molecule has 6 rings (SSSR count). The normalized spacial score (nSPS) is 12.8. The van der Waals surface area contributed by atoms with Crippen LogP contribution in [0, 0.1) is 11.7 Å². The number of hydrogen-bond donors (Lipinski definition) is 1. The Labute approximate surface area is 212 Å². The van der Waals surface area contributed by atoms with E-state index in [2.05, 4.69) is 10.2 Å². The SMILES string of the molecule is Cc1ccccc1-c1n[nH]c(=S)n1/N=C/c1cn(-c2ccccc2)nc1-c1ccc2c(c1)OCCO2. The first-order valence-electron chi connectivity index (χ1n) is 11.5. The first kappa shape index (κ1) is 22.0. The van der Waals surface area contributed by atoms with Crippen molar-refractivity contribution >= 4 is 18.4 Å². The Balaban J connectivity index is 1.46. The summed E-state index contributed by atoms with van der Waals surface area (Å²) in [5, 5.41) is 16.9. The lowest BCUT2D eigenvalue weighted by Crippen LogP contribution is -2.15. The maximum Gasteiger partial charge on any atom is 0.216 e. The first-order valence-corrected chi connectivity index (χ1v) is 11.9. The molecule has 1 aliphatic heterocycles. The minimum Gasteiger partial charge on any atom is -0.486 e. The van der Waals surface area contributed by atoms with Crippen LogP contribution in [-0.4, -0.2) is 44.1 Å². The fourth-order valence-corrected chi connectivity index (χ4v) is 4.31. The van der Waals surface area contributed by atoms with Crippen LogP contribution in [0.4, 0.5) is 0 Å². The quantitative estimate of drug-likeness (QED) is 0.261. The first-order chi connectivity index (χ1) is 17.7. The van der Waals surface area contributed by atoms with Gasteiger partial charge in [-0.05, 0) is 55.0 Å². The highest BCUT2D eigenvalue weighted by Gasteiger charge is 2.17. The number of nitrogens with one attached hydrogen (secondary N) is 1. The number of para-hydroxylation sites is 1. The standard InChI is InChI=1S/C27H22N6O2S/c1-18-7-5-6-10-22(18)26-29-30-27(36)33(26)28-16-20-17-32(21-8-3-2-4-9-21)31-25(20)19-11-12-23-24(15-19)35-14-13-34-23/h2-12,15-17H,13-14H2,1H3,(H,30,36)/b28-16+. The lowest BCUT2D eigenvalue weighted by atomic mass is 10.1. The van der Waals surface area contributed by atoms with Crippen molar-refractivity contribution in [1.82, 2.24) is 24.7 Å². The molecule has 1 aliphatic rings. The van der Waals surface area contributed by atoms with Crippen molar-refractivity contribution in [3.63, 3.8) is 0 Å². The summed E-state index contributed by atoms with van der Waals surface area (Å²) in [4.78, 5) is 0. The molecule has 3 heterocycles. The number of aromatic amines is 1. The molecule has 0 fully saturated rings. The Morgan fingerprint density at radius 2 is 1.75 bits per heavy atom. The molecule has 0 atom stereocenters. The minimum absolute atomic E-state index is 0.404. The molecule has 0 aliphatic carbocycles. The largest absolute Gasteiger partial charge is 0.486 e. The van der Waals surface area contributed by atoms with Crippen LogP contribution in [0.15, 0.2) is 84.1 Å². The fraction of sp³-hybridized carbons (Fsp3) is 0.111. The molecule has 36 heavy (non-hydrogen) atoms. The van der Waals surface area contributed by atoms with Gasteiger partial charge in [0.2, 0.25) is 4.77 Å². The van der Waals surface area contributed by atoms with Gasteiger partial charge in [-0.25, -0.2) is 9.78 Å². The second-order valence-electron chi connectivity index (χ2n) is 8.30. The van der Waals surface area contributed by atoms with Crippen LogP contribution in [0.25, 0.3) is 28.3 Å². The summed E-state index contributed by atoms with van der Waals surface area (Å²) in [6.45, 7) is 3.09. The van der Waals surface area contributed by atoms with E-state index >= 15 is 0 Å². The van der Waals surface area contributed by atoms with Gasteiger partial charge >= 0.3 is 0 Å². The van der Waals surface area contributed by atoms with E-state index in [1.165, 1.54) is 0 Å². The number of aromatic nitrogens is 5. The summed E-state index contributed by atoms with van der Waals surface area (Å²) >= 11 is 5.49. The number of fused-ring (bicyclic) bond motifs is 1. The fourth-order valence-electron chi connectivity index (χ4n) is 4.13. The highest BCUT2D eigenvalue weighted by atomic mass is 32.1. The van der Waals surface area contributed by atoms with Crippen LogP contribution in [-0.2, 0) is 0 Å². The molecule has 3 aromatic carbocycles. The van der Waals surface area contributed by atoms with E-state index in [0.29, 0.717) is 29.6 Å². The van der Waals surface area contributed by atoms with Gasteiger partial charge in [0.25, 0.3) is 0 Å². The zero-order chi connectivity index (χ0) is 24.5. The minimum atomic E-state index is 0.404. The Bertz CT molecular complexity index is 1630. The third-order valence-corrected chi connectivity index (χ3v) is 6.19. The number of hydrogen-bond acceptors (Lipinski definition) is 6. The highest BCUT2D eigenvalue weighted by molar-refractivity contribution is 7.71. The lowest BCUT2D eigenvalue weighted by molar-refractivity contribution is 0.171. The van der Waals surface area contributed by atoms with Gasteiger partial charge < -0.3 is 9.47 Å². The molecular weight excluding hydrogens is 472 g/mol. The van der Waals surface area contributed by atoms with Crippen molar-refractivity contribution in [3.05, 3.63) is 94.9 Å². The van der Waals surface area contributed by atoms with Crippen molar-refractivity contribution in [1.29, 1.82) is 0 Å². The van der Waals surface area contributed by atoms with Gasteiger partial charge in [0.15, 0.2) is 17.3 Å². The van der Waals surface area contributed by atoms with Crippen LogP contribution in [0.5, 0.6) is 11.5 Å². The van der Waals surface area contributed by atoms with Crippen molar-refractivity contribution < 1.29 is 9.47 Å². The highest BCUT2D eigenvalue weighted by Crippen LogP contribution is 2.35. The predicted octanol–water partition coefficient (Wildman–Crippen LogP) is 5.42. The van der Waals surface area contributed by atoms with E-state index in [4.69, 9.17) is 31.9 Å². The Morgan fingerprint density at radius 3 is 2.58 bits per heavy atom. The number of nitrogens with zero attached hydrogens (tertiary/aromatic N) is 5. The Morgan fingerprint density at radius 1 is 0.972 bits per heavy atom. The third-order valence-electron chi connectivity index (χ3n) is 5.93. The molecule has 9 heteroatoms. The summed E-state index contributed by atoms with van der Waals surface area (Å²) in [5.74, 6) is 2.08. The molecule has 0 saturated heterocycles. The van der Waals surface area contributed by atoms with Crippen molar-refractivity contribution in [3.8, 4) is 39.8 Å². The second-order valence-corrected chi connectivity index (χ2v) is 8.68. The molecule has 0 unspecified atom stereocenters. The zero-order valence-corrected chi connectivity index (χ0v) is 20.3. The molecular formula is C27H22N6O2S. The average Bonchev–Trinajstić information content (AvgIpc) is 3.51. The topological polar surface area (TPSA) is 82.2 Å². The van der Waals surface area contributed by atoms with Gasteiger partial charge in [-0.15, -0.1) is 0 Å².